The van der Waals surface area contributed by atoms with Crippen molar-refractivity contribution in [1.29, 1.82) is 0 Å². The first-order chi connectivity index (χ1) is 8.36. The van der Waals surface area contributed by atoms with Gasteiger partial charge in [0.1, 0.15) is 6.33 Å². The molecule has 0 spiro atoms. The third-order valence-corrected chi connectivity index (χ3v) is 4.23. The molecule has 1 saturated carbocycles. The van der Waals surface area contributed by atoms with E-state index in [9.17, 15) is 0 Å². The summed E-state index contributed by atoms with van der Waals surface area (Å²) in [5.74, 6) is 1.81. The molecule has 1 aliphatic heterocycles. The van der Waals surface area contributed by atoms with E-state index >= 15 is 0 Å². The molecule has 0 aromatic carbocycles. The molecular formula is C13H20N4. The van der Waals surface area contributed by atoms with Crippen LogP contribution >= 0.6 is 0 Å². The Morgan fingerprint density at radius 2 is 2.00 bits per heavy atom. The SMILES string of the molecule is Nc1cncnc1N1CCCC1C1CCCC1. The normalized spacial score (nSPS) is 25.6. The summed E-state index contributed by atoms with van der Waals surface area (Å²) in [5.41, 5.74) is 6.71. The summed E-state index contributed by atoms with van der Waals surface area (Å²) in [5, 5.41) is 0. The quantitative estimate of drug-likeness (QED) is 0.849. The average molecular weight is 232 g/mol. The van der Waals surface area contributed by atoms with Crippen molar-refractivity contribution < 1.29 is 0 Å². The van der Waals surface area contributed by atoms with Gasteiger partial charge in [-0.2, -0.15) is 0 Å². The van der Waals surface area contributed by atoms with Gasteiger partial charge in [-0.05, 0) is 31.6 Å². The molecule has 1 unspecified atom stereocenters. The zero-order chi connectivity index (χ0) is 11.7. The highest BCUT2D eigenvalue weighted by Crippen LogP contribution is 2.38. The first kappa shape index (κ1) is 10.8. The van der Waals surface area contributed by atoms with Crippen molar-refractivity contribution in [1.82, 2.24) is 9.97 Å². The zero-order valence-corrected chi connectivity index (χ0v) is 10.2. The van der Waals surface area contributed by atoms with E-state index in [1.165, 1.54) is 38.5 Å². The minimum atomic E-state index is 0.662. The maximum absolute atomic E-state index is 5.99. The van der Waals surface area contributed by atoms with Crippen molar-refractivity contribution in [3.05, 3.63) is 12.5 Å². The van der Waals surface area contributed by atoms with Crippen molar-refractivity contribution in [3.63, 3.8) is 0 Å². The van der Waals surface area contributed by atoms with Gasteiger partial charge in [0.05, 0.1) is 11.9 Å². The summed E-state index contributed by atoms with van der Waals surface area (Å²) in [6.45, 7) is 1.10. The van der Waals surface area contributed by atoms with E-state index in [1.54, 1.807) is 12.5 Å². The molecule has 1 aromatic heterocycles. The first-order valence-electron chi connectivity index (χ1n) is 6.68. The van der Waals surface area contributed by atoms with Crippen LogP contribution in [0, 0.1) is 5.92 Å². The largest absolute Gasteiger partial charge is 0.394 e. The molecule has 3 rings (SSSR count). The van der Waals surface area contributed by atoms with Crippen molar-refractivity contribution in [3.8, 4) is 0 Å². The van der Waals surface area contributed by atoms with Gasteiger partial charge in [0.25, 0.3) is 0 Å². The molecular weight excluding hydrogens is 212 g/mol. The monoisotopic (exact) mass is 232 g/mol. The van der Waals surface area contributed by atoms with Gasteiger partial charge in [0, 0.05) is 12.6 Å². The molecule has 1 atom stereocenters. The predicted octanol–water partition coefficient (Wildman–Crippen LogP) is 2.22. The van der Waals surface area contributed by atoms with Crippen LogP contribution in [0.4, 0.5) is 11.5 Å². The number of aromatic nitrogens is 2. The molecule has 0 radical (unpaired) electrons. The Hall–Kier alpha value is -1.32. The Morgan fingerprint density at radius 1 is 1.18 bits per heavy atom. The molecule has 0 amide bonds. The lowest BCUT2D eigenvalue weighted by molar-refractivity contribution is 0.429. The first-order valence-corrected chi connectivity index (χ1v) is 6.68. The fraction of sp³-hybridized carbons (Fsp3) is 0.692. The molecule has 92 valence electrons. The molecule has 2 heterocycles. The smallest absolute Gasteiger partial charge is 0.155 e. The highest BCUT2D eigenvalue weighted by Gasteiger charge is 2.34. The van der Waals surface area contributed by atoms with Crippen LogP contribution in [0.2, 0.25) is 0 Å². The van der Waals surface area contributed by atoms with Gasteiger partial charge in [0.2, 0.25) is 0 Å². The number of nitrogens with zero attached hydrogens (tertiary/aromatic N) is 3. The molecule has 17 heavy (non-hydrogen) atoms. The van der Waals surface area contributed by atoms with E-state index in [4.69, 9.17) is 5.73 Å². The van der Waals surface area contributed by atoms with Crippen molar-refractivity contribution in [2.24, 2.45) is 5.92 Å². The second-order valence-electron chi connectivity index (χ2n) is 5.25. The summed E-state index contributed by atoms with van der Waals surface area (Å²) in [4.78, 5) is 10.8. The highest BCUT2D eigenvalue weighted by molar-refractivity contribution is 5.62. The van der Waals surface area contributed by atoms with E-state index < -0.39 is 0 Å². The second-order valence-corrected chi connectivity index (χ2v) is 5.25. The third kappa shape index (κ3) is 1.96. The highest BCUT2D eigenvalue weighted by atomic mass is 15.2. The average Bonchev–Trinajstić information content (AvgIpc) is 3.00. The van der Waals surface area contributed by atoms with Crippen LogP contribution in [-0.4, -0.2) is 22.6 Å². The van der Waals surface area contributed by atoms with Crippen LogP contribution in [0.25, 0.3) is 0 Å². The van der Waals surface area contributed by atoms with Crippen LogP contribution in [0.15, 0.2) is 12.5 Å². The molecule has 0 bridgehead atoms. The number of nitrogens with two attached hydrogens (primary N) is 1. The van der Waals surface area contributed by atoms with Gasteiger partial charge in [-0.1, -0.05) is 12.8 Å². The number of nitrogen functional groups attached to an aromatic ring is 1. The van der Waals surface area contributed by atoms with Gasteiger partial charge in [-0.15, -0.1) is 0 Å². The Bertz CT molecular complexity index is 387. The van der Waals surface area contributed by atoms with Crippen LogP contribution in [0.3, 0.4) is 0 Å². The van der Waals surface area contributed by atoms with Gasteiger partial charge in [-0.25, -0.2) is 9.97 Å². The number of anilines is 2. The Balaban J connectivity index is 1.84. The lowest BCUT2D eigenvalue weighted by Gasteiger charge is -2.30. The molecule has 2 N–H and O–H groups in total. The number of hydrogen-bond acceptors (Lipinski definition) is 4. The lowest BCUT2D eigenvalue weighted by atomic mass is 9.96. The van der Waals surface area contributed by atoms with E-state index in [1.807, 2.05) is 0 Å². The molecule has 1 saturated heterocycles. The minimum absolute atomic E-state index is 0.662. The summed E-state index contributed by atoms with van der Waals surface area (Å²) in [6, 6.07) is 0.662. The van der Waals surface area contributed by atoms with Gasteiger partial charge in [0.15, 0.2) is 5.82 Å². The number of hydrogen-bond donors (Lipinski definition) is 1. The Kier molecular flexibility index (Phi) is 2.87. The molecule has 1 aliphatic carbocycles. The molecule has 2 fully saturated rings. The summed E-state index contributed by atoms with van der Waals surface area (Å²) >= 11 is 0. The summed E-state index contributed by atoms with van der Waals surface area (Å²) < 4.78 is 0. The van der Waals surface area contributed by atoms with Crippen LogP contribution in [0.5, 0.6) is 0 Å². The van der Waals surface area contributed by atoms with Gasteiger partial charge >= 0.3 is 0 Å². The van der Waals surface area contributed by atoms with Crippen molar-refractivity contribution >= 4 is 11.5 Å². The second kappa shape index (κ2) is 4.51. The molecule has 4 nitrogen and oxygen atoms in total. The van der Waals surface area contributed by atoms with E-state index in [0.717, 1.165) is 24.0 Å². The van der Waals surface area contributed by atoms with Gasteiger partial charge < -0.3 is 10.6 Å². The third-order valence-electron chi connectivity index (χ3n) is 4.23. The minimum Gasteiger partial charge on any atom is -0.394 e. The zero-order valence-electron chi connectivity index (χ0n) is 10.2. The fourth-order valence-corrected chi connectivity index (χ4v) is 3.46. The van der Waals surface area contributed by atoms with Crippen LogP contribution in [-0.2, 0) is 0 Å². The predicted molar refractivity (Wildman–Crippen MR) is 68.8 cm³/mol. The molecule has 2 aliphatic rings. The topological polar surface area (TPSA) is 55.0 Å². The van der Waals surface area contributed by atoms with Crippen molar-refractivity contribution in [2.45, 2.75) is 44.6 Å². The maximum Gasteiger partial charge on any atom is 0.155 e. The van der Waals surface area contributed by atoms with Gasteiger partial charge in [-0.3, -0.25) is 0 Å². The van der Waals surface area contributed by atoms with E-state index in [-0.39, 0.29) is 0 Å². The Labute approximate surface area is 102 Å². The number of rotatable bonds is 2. The van der Waals surface area contributed by atoms with Crippen molar-refractivity contribution in [2.75, 3.05) is 17.2 Å². The van der Waals surface area contributed by atoms with Crippen LogP contribution in [0.1, 0.15) is 38.5 Å². The standard InChI is InChI=1S/C13H20N4/c14-11-8-15-9-16-13(11)17-7-3-6-12(17)10-4-1-2-5-10/h8-10,12H,1-7,14H2. The maximum atomic E-state index is 5.99. The lowest BCUT2D eigenvalue weighted by Crippen LogP contribution is -2.35. The van der Waals surface area contributed by atoms with Crippen LogP contribution < -0.4 is 10.6 Å². The summed E-state index contributed by atoms with van der Waals surface area (Å²) in [6.07, 6.45) is 11.4. The molecule has 4 heteroatoms. The summed E-state index contributed by atoms with van der Waals surface area (Å²) in [7, 11) is 0. The fourth-order valence-electron chi connectivity index (χ4n) is 3.46. The Morgan fingerprint density at radius 3 is 2.76 bits per heavy atom. The van der Waals surface area contributed by atoms with E-state index in [2.05, 4.69) is 14.9 Å². The molecule has 1 aromatic rings. The van der Waals surface area contributed by atoms with E-state index in [0.29, 0.717) is 6.04 Å².